The molecule has 92 valence electrons. The monoisotopic (exact) mass is 233 g/mol. The quantitative estimate of drug-likeness (QED) is 0.802. The first-order valence-electron chi connectivity index (χ1n) is 6.27. The van der Waals surface area contributed by atoms with Crippen LogP contribution < -0.4 is 0 Å². The van der Waals surface area contributed by atoms with E-state index in [9.17, 15) is 4.79 Å². The molecule has 0 N–H and O–H groups in total. The Labute approximate surface area is 102 Å². The van der Waals surface area contributed by atoms with Gasteiger partial charge in [0, 0.05) is 25.3 Å². The number of carbonyl (C=O) groups excluding carboxylic acids is 1. The zero-order chi connectivity index (χ0) is 12.1. The van der Waals surface area contributed by atoms with Crippen molar-refractivity contribution in [3.63, 3.8) is 0 Å². The maximum atomic E-state index is 12.2. The number of hydrogen-bond donors (Lipinski definition) is 0. The fourth-order valence-electron chi connectivity index (χ4n) is 2.26. The fourth-order valence-corrected chi connectivity index (χ4v) is 2.26. The molecule has 1 aromatic rings. The van der Waals surface area contributed by atoms with Gasteiger partial charge in [-0.3, -0.25) is 4.79 Å². The third-order valence-electron chi connectivity index (χ3n) is 3.09. The zero-order valence-corrected chi connectivity index (χ0v) is 10.3. The lowest BCUT2D eigenvalue weighted by Gasteiger charge is -2.32. The van der Waals surface area contributed by atoms with E-state index in [0.29, 0.717) is 0 Å². The number of ether oxygens (including phenoxy) is 1. The summed E-state index contributed by atoms with van der Waals surface area (Å²) in [5.41, 5.74) is 0.768. The molecule has 1 aliphatic rings. The Hall–Kier alpha value is -1.35. The Balaban J connectivity index is 2.00. The standard InChI is InChI=1S/C14H19NO2/c1-2-17-13-9-6-10-15(11-13)14(16)12-7-4-3-5-8-12/h3-5,7-8,13H,2,6,9-11H2,1H3. The van der Waals surface area contributed by atoms with E-state index >= 15 is 0 Å². The summed E-state index contributed by atoms with van der Waals surface area (Å²) in [6.07, 6.45) is 2.30. The second-order valence-electron chi connectivity index (χ2n) is 4.34. The molecule has 0 bridgehead atoms. The average molecular weight is 233 g/mol. The maximum absolute atomic E-state index is 12.2. The number of amides is 1. The van der Waals surface area contributed by atoms with Crippen LogP contribution >= 0.6 is 0 Å². The second kappa shape index (κ2) is 5.82. The molecule has 1 amide bonds. The molecule has 1 unspecified atom stereocenters. The van der Waals surface area contributed by atoms with Crippen LogP contribution in [0.4, 0.5) is 0 Å². The first-order valence-corrected chi connectivity index (χ1v) is 6.27. The van der Waals surface area contributed by atoms with Gasteiger partial charge in [0.2, 0.25) is 0 Å². The van der Waals surface area contributed by atoms with Crippen molar-refractivity contribution < 1.29 is 9.53 Å². The van der Waals surface area contributed by atoms with E-state index in [1.165, 1.54) is 0 Å². The summed E-state index contributed by atoms with van der Waals surface area (Å²) in [5.74, 6) is 0.120. The Bertz CT molecular complexity index is 362. The van der Waals surface area contributed by atoms with E-state index in [4.69, 9.17) is 4.74 Å². The SMILES string of the molecule is CCOC1CCCN(C(=O)c2ccccc2)C1. The highest BCUT2D eigenvalue weighted by Crippen LogP contribution is 2.15. The van der Waals surface area contributed by atoms with Crippen LogP contribution in [-0.2, 0) is 4.74 Å². The molecular weight excluding hydrogens is 214 g/mol. The molecule has 0 aromatic heterocycles. The number of rotatable bonds is 3. The highest BCUT2D eigenvalue weighted by molar-refractivity contribution is 5.94. The Kier molecular flexibility index (Phi) is 4.15. The van der Waals surface area contributed by atoms with Gasteiger partial charge in [-0.15, -0.1) is 0 Å². The highest BCUT2D eigenvalue weighted by Gasteiger charge is 2.24. The van der Waals surface area contributed by atoms with Crippen molar-refractivity contribution in [3.8, 4) is 0 Å². The Morgan fingerprint density at radius 2 is 2.18 bits per heavy atom. The maximum Gasteiger partial charge on any atom is 0.253 e. The summed E-state index contributed by atoms with van der Waals surface area (Å²) in [4.78, 5) is 14.1. The number of likely N-dealkylation sites (tertiary alicyclic amines) is 1. The van der Waals surface area contributed by atoms with Crippen molar-refractivity contribution in [3.05, 3.63) is 35.9 Å². The van der Waals surface area contributed by atoms with Crippen molar-refractivity contribution in [1.29, 1.82) is 0 Å². The highest BCUT2D eigenvalue weighted by atomic mass is 16.5. The summed E-state index contributed by atoms with van der Waals surface area (Å²) in [6, 6.07) is 9.46. The van der Waals surface area contributed by atoms with E-state index in [0.717, 1.165) is 38.1 Å². The van der Waals surface area contributed by atoms with E-state index in [-0.39, 0.29) is 12.0 Å². The van der Waals surface area contributed by atoms with E-state index in [2.05, 4.69) is 0 Å². The van der Waals surface area contributed by atoms with Crippen LogP contribution in [0, 0.1) is 0 Å². The third kappa shape index (κ3) is 3.07. The molecule has 17 heavy (non-hydrogen) atoms. The summed E-state index contributed by atoms with van der Waals surface area (Å²) < 4.78 is 5.61. The average Bonchev–Trinajstić information content (AvgIpc) is 2.40. The van der Waals surface area contributed by atoms with Crippen molar-refractivity contribution in [2.75, 3.05) is 19.7 Å². The molecule has 1 aromatic carbocycles. The predicted molar refractivity (Wildman–Crippen MR) is 67.0 cm³/mol. The molecule has 0 saturated carbocycles. The predicted octanol–water partition coefficient (Wildman–Crippen LogP) is 2.33. The van der Waals surface area contributed by atoms with Crippen molar-refractivity contribution in [1.82, 2.24) is 4.90 Å². The Morgan fingerprint density at radius 1 is 1.41 bits per heavy atom. The molecule has 3 heteroatoms. The normalized spacial score (nSPS) is 20.3. The van der Waals surface area contributed by atoms with Crippen LogP contribution in [0.3, 0.4) is 0 Å². The van der Waals surface area contributed by atoms with Crippen LogP contribution in [0.1, 0.15) is 30.1 Å². The van der Waals surface area contributed by atoms with Gasteiger partial charge in [0.15, 0.2) is 0 Å². The lowest BCUT2D eigenvalue weighted by molar-refractivity contribution is 0.00724. The van der Waals surface area contributed by atoms with Gasteiger partial charge in [-0.25, -0.2) is 0 Å². The van der Waals surface area contributed by atoms with Crippen LogP contribution in [-0.4, -0.2) is 36.6 Å². The minimum atomic E-state index is 0.120. The van der Waals surface area contributed by atoms with Crippen LogP contribution in [0.25, 0.3) is 0 Å². The van der Waals surface area contributed by atoms with Gasteiger partial charge < -0.3 is 9.64 Å². The minimum Gasteiger partial charge on any atom is -0.377 e. The molecule has 1 heterocycles. The number of nitrogens with zero attached hydrogens (tertiary/aromatic N) is 1. The molecule has 1 fully saturated rings. The first kappa shape index (κ1) is 12.1. The molecule has 1 saturated heterocycles. The largest absolute Gasteiger partial charge is 0.377 e. The van der Waals surface area contributed by atoms with Gasteiger partial charge in [-0.2, -0.15) is 0 Å². The van der Waals surface area contributed by atoms with Crippen LogP contribution in [0.2, 0.25) is 0 Å². The van der Waals surface area contributed by atoms with Gasteiger partial charge in [-0.05, 0) is 31.9 Å². The van der Waals surface area contributed by atoms with Gasteiger partial charge in [-0.1, -0.05) is 18.2 Å². The topological polar surface area (TPSA) is 29.5 Å². The summed E-state index contributed by atoms with van der Waals surface area (Å²) >= 11 is 0. The van der Waals surface area contributed by atoms with Gasteiger partial charge in [0.25, 0.3) is 5.91 Å². The van der Waals surface area contributed by atoms with Crippen LogP contribution in [0.5, 0.6) is 0 Å². The van der Waals surface area contributed by atoms with E-state index < -0.39 is 0 Å². The number of carbonyl (C=O) groups is 1. The Morgan fingerprint density at radius 3 is 2.88 bits per heavy atom. The molecule has 1 aliphatic heterocycles. The third-order valence-corrected chi connectivity index (χ3v) is 3.09. The van der Waals surface area contributed by atoms with E-state index in [1.807, 2.05) is 42.2 Å². The van der Waals surface area contributed by atoms with Crippen molar-refractivity contribution in [2.45, 2.75) is 25.9 Å². The lowest BCUT2D eigenvalue weighted by atomic mass is 10.1. The summed E-state index contributed by atoms with van der Waals surface area (Å²) in [5, 5.41) is 0. The van der Waals surface area contributed by atoms with E-state index in [1.54, 1.807) is 0 Å². The fraction of sp³-hybridized carbons (Fsp3) is 0.500. The van der Waals surface area contributed by atoms with Crippen molar-refractivity contribution >= 4 is 5.91 Å². The zero-order valence-electron chi connectivity index (χ0n) is 10.3. The minimum absolute atomic E-state index is 0.120. The number of piperidine rings is 1. The summed E-state index contributed by atoms with van der Waals surface area (Å²) in [7, 11) is 0. The number of benzene rings is 1. The molecule has 1 atom stereocenters. The smallest absolute Gasteiger partial charge is 0.253 e. The molecule has 0 spiro atoms. The molecule has 0 radical (unpaired) electrons. The summed E-state index contributed by atoms with van der Waals surface area (Å²) in [6.45, 7) is 4.29. The molecule has 0 aliphatic carbocycles. The molecule has 2 rings (SSSR count). The van der Waals surface area contributed by atoms with Gasteiger partial charge in [0.1, 0.15) is 0 Å². The van der Waals surface area contributed by atoms with Gasteiger partial charge in [0.05, 0.1) is 6.10 Å². The van der Waals surface area contributed by atoms with Crippen LogP contribution in [0.15, 0.2) is 30.3 Å². The second-order valence-corrected chi connectivity index (χ2v) is 4.34. The molecular formula is C14H19NO2. The molecule has 3 nitrogen and oxygen atoms in total. The lowest BCUT2D eigenvalue weighted by Crippen LogP contribution is -2.43. The first-order chi connectivity index (χ1) is 8.31. The number of hydrogen-bond acceptors (Lipinski definition) is 2. The van der Waals surface area contributed by atoms with Crippen molar-refractivity contribution in [2.24, 2.45) is 0 Å². The van der Waals surface area contributed by atoms with Gasteiger partial charge >= 0.3 is 0 Å².